The molecule has 0 N–H and O–H groups in total. The first-order valence-corrected chi connectivity index (χ1v) is 11.2. The van der Waals surface area contributed by atoms with Crippen LogP contribution in [0, 0.1) is 28.4 Å². The van der Waals surface area contributed by atoms with Crippen LogP contribution in [0.2, 0.25) is 0 Å². The van der Waals surface area contributed by atoms with Crippen molar-refractivity contribution in [3.63, 3.8) is 0 Å². The summed E-state index contributed by atoms with van der Waals surface area (Å²) in [4.78, 5) is 22.9. The molecule has 3 aromatic rings. The van der Waals surface area contributed by atoms with Crippen LogP contribution in [0.5, 0.6) is 0 Å². The van der Waals surface area contributed by atoms with Crippen LogP contribution in [-0.2, 0) is 9.84 Å². The Morgan fingerprint density at radius 2 is 1.80 bits per heavy atom. The molecule has 0 saturated heterocycles. The Bertz CT molecular complexity index is 1290. The number of hydrogen-bond acceptors (Lipinski definition) is 7. The molecule has 1 heterocycles. The lowest BCUT2D eigenvalue weighted by molar-refractivity contribution is -0.385. The number of carbonyl (C=O) groups is 1. The van der Waals surface area contributed by atoms with Crippen LogP contribution >= 0.6 is 11.3 Å². The zero-order valence-corrected chi connectivity index (χ0v) is 17.7. The molecule has 9 heteroatoms. The molecule has 0 aliphatic rings. The van der Waals surface area contributed by atoms with E-state index >= 15 is 0 Å². The van der Waals surface area contributed by atoms with E-state index in [1.54, 1.807) is 17.5 Å². The number of hydrogen-bond donors (Lipinski definition) is 0. The van der Waals surface area contributed by atoms with Gasteiger partial charge in [0.05, 0.1) is 15.4 Å². The summed E-state index contributed by atoms with van der Waals surface area (Å²) in [6.07, 6.45) is 0. The molecule has 3 rings (SSSR count). The maximum absolute atomic E-state index is 13.6. The van der Waals surface area contributed by atoms with Crippen molar-refractivity contribution in [1.82, 2.24) is 0 Å². The molecule has 0 bridgehead atoms. The third kappa shape index (κ3) is 3.87. The third-order valence-corrected chi connectivity index (χ3v) is 7.55. The van der Waals surface area contributed by atoms with Gasteiger partial charge < -0.3 is 0 Å². The van der Waals surface area contributed by atoms with Gasteiger partial charge in [0.1, 0.15) is 16.2 Å². The number of rotatable bonds is 6. The Hall–Kier alpha value is -3.35. The fourth-order valence-electron chi connectivity index (χ4n) is 3.12. The Labute approximate surface area is 177 Å². The minimum atomic E-state index is -4.15. The molecule has 0 fully saturated rings. The van der Waals surface area contributed by atoms with E-state index in [4.69, 9.17) is 0 Å². The first-order valence-electron chi connectivity index (χ1n) is 8.74. The van der Waals surface area contributed by atoms with Crippen LogP contribution in [0.3, 0.4) is 0 Å². The van der Waals surface area contributed by atoms with E-state index in [1.165, 1.54) is 37.3 Å². The van der Waals surface area contributed by atoms with Crippen molar-refractivity contribution >= 4 is 32.6 Å². The average Bonchev–Trinajstić information content (AvgIpc) is 3.16. The Morgan fingerprint density at radius 1 is 1.13 bits per heavy atom. The molecule has 0 aliphatic carbocycles. The number of thiophene rings is 1. The highest BCUT2D eigenvalue weighted by molar-refractivity contribution is 7.92. The van der Waals surface area contributed by atoms with Crippen LogP contribution in [0.15, 0.2) is 58.8 Å². The predicted molar refractivity (Wildman–Crippen MR) is 112 cm³/mol. The van der Waals surface area contributed by atoms with E-state index in [2.05, 4.69) is 0 Å². The lowest BCUT2D eigenvalue weighted by Gasteiger charge is -2.19. The molecule has 152 valence electrons. The first-order chi connectivity index (χ1) is 14.2. The molecule has 30 heavy (non-hydrogen) atoms. The second kappa shape index (κ2) is 8.18. The van der Waals surface area contributed by atoms with Gasteiger partial charge in [-0.1, -0.05) is 23.8 Å². The van der Waals surface area contributed by atoms with Gasteiger partial charge in [0.15, 0.2) is 15.6 Å². The summed E-state index contributed by atoms with van der Waals surface area (Å²) in [6, 6.07) is 13.3. The molecule has 0 spiro atoms. The summed E-state index contributed by atoms with van der Waals surface area (Å²) >= 11 is 1.06. The van der Waals surface area contributed by atoms with Crippen molar-refractivity contribution in [2.45, 2.75) is 24.0 Å². The summed E-state index contributed by atoms with van der Waals surface area (Å²) < 4.78 is 27.2. The molecule has 1 unspecified atom stereocenters. The van der Waals surface area contributed by atoms with Crippen molar-refractivity contribution in [3.05, 3.63) is 91.2 Å². The van der Waals surface area contributed by atoms with Gasteiger partial charge in [-0.05, 0) is 43.5 Å². The molecule has 1 atom stereocenters. The normalized spacial score (nSPS) is 12.2. The second-order valence-electron chi connectivity index (χ2n) is 6.64. The molecular formula is C21H16N2O5S2. The first kappa shape index (κ1) is 21.4. The summed E-state index contributed by atoms with van der Waals surface area (Å²) in [5.74, 6) is -0.379. The van der Waals surface area contributed by atoms with E-state index in [-0.39, 0.29) is 32.2 Å². The second-order valence-corrected chi connectivity index (χ2v) is 9.59. The van der Waals surface area contributed by atoms with Gasteiger partial charge in [-0.15, -0.1) is 11.3 Å². The number of nitro benzene ring substituents is 1. The number of sulfone groups is 1. The fraction of sp³-hybridized carbons (Fsp3) is 0.143. The van der Waals surface area contributed by atoms with E-state index in [9.17, 15) is 28.6 Å². The number of Topliss-reactive ketones (excluding diaryl/α,β-unsaturated/α-hetero) is 1. The van der Waals surface area contributed by atoms with E-state index in [1.807, 2.05) is 13.0 Å². The summed E-state index contributed by atoms with van der Waals surface area (Å²) in [6.45, 7) is 3.08. The minimum Gasteiger partial charge on any atom is -0.295 e. The number of aryl methyl sites for hydroxylation is 1. The van der Waals surface area contributed by atoms with Crippen LogP contribution in [0.25, 0.3) is 0 Å². The van der Waals surface area contributed by atoms with Crippen LogP contribution in [0.4, 0.5) is 5.69 Å². The van der Waals surface area contributed by atoms with Gasteiger partial charge in [-0.3, -0.25) is 14.9 Å². The molecule has 0 saturated carbocycles. The number of benzene rings is 2. The number of nitrogens with zero attached hydrogens (tertiary/aromatic N) is 2. The average molecular weight is 441 g/mol. The molecule has 2 aromatic carbocycles. The maximum Gasteiger partial charge on any atom is 0.274 e. The summed E-state index contributed by atoms with van der Waals surface area (Å²) in [7, 11) is -4.15. The van der Waals surface area contributed by atoms with Gasteiger partial charge in [0.25, 0.3) is 5.69 Å². The number of nitriles is 1. The minimum absolute atomic E-state index is 0.0156. The van der Waals surface area contributed by atoms with E-state index < -0.39 is 25.7 Å². The van der Waals surface area contributed by atoms with Crippen molar-refractivity contribution in [2.75, 3.05) is 0 Å². The smallest absolute Gasteiger partial charge is 0.274 e. The van der Waals surface area contributed by atoms with Gasteiger partial charge in [0, 0.05) is 17.2 Å². The van der Waals surface area contributed by atoms with Crippen LogP contribution in [0.1, 0.15) is 44.1 Å². The highest BCUT2D eigenvalue weighted by atomic mass is 32.2. The quantitative estimate of drug-likeness (QED) is 0.314. The fourth-order valence-corrected chi connectivity index (χ4v) is 5.78. The van der Waals surface area contributed by atoms with Crippen LogP contribution in [-0.4, -0.2) is 19.1 Å². The molecular weight excluding hydrogens is 424 g/mol. The molecule has 1 aromatic heterocycles. The monoisotopic (exact) mass is 440 g/mol. The van der Waals surface area contributed by atoms with E-state index in [0.29, 0.717) is 0 Å². The largest absolute Gasteiger partial charge is 0.295 e. The Kier molecular flexibility index (Phi) is 5.82. The van der Waals surface area contributed by atoms with Crippen molar-refractivity contribution in [1.29, 1.82) is 5.26 Å². The number of carbonyl (C=O) groups excluding carboxylic acids is 1. The highest BCUT2D eigenvalue weighted by Crippen LogP contribution is 2.42. The SMILES string of the molecule is CC(=O)c1ccc(C(c2ccsc2C#N)S(=O)(=O)c2ccc(C)cc2)c([N+](=O)[O-])c1. The van der Waals surface area contributed by atoms with Crippen molar-refractivity contribution in [3.8, 4) is 6.07 Å². The zero-order valence-electron chi connectivity index (χ0n) is 16.0. The Balaban J connectivity index is 2.35. The number of nitro groups is 1. The number of ketones is 1. The van der Waals surface area contributed by atoms with Crippen molar-refractivity contribution < 1.29 is 18.1 Å². The zero-order chi connectivity index (χ0) is 22.1. The van der Waals surface area contributed by atoms with Crippen LogP contribution < -0.4 is 0 Å². The van der Waals surface area contributed by atoms with Gasteiger partial charge >= 0.3 is 0 Å². The third-order valence-electron chi connectivity index (χ3n) is 4.66. The van der Waals surface area contributed by atoms with Crippen molar-refractivity contribution in [2.24, 2.45) is 0 Å². The van der Waals surface area contributed by atoms with E-state index in [0.717, 1.165) is 23.0 Å². The highest BCUT2D eigenvalue weighted by Gasteiger charge is 2.37. The predicted octanol–water partition coefficient (Wildman–Crippen LogP) is 4.60. The molecule has 0 radical (unpaired) electrons. The topological polar surface area (TPSA) is 118 Å². The summed E-state index contributed by atoms with van der Waals surface area (Å²) in [5.41, 5.74) is 0.541. The van der Waals surface area contributed by atoms with Gasteiger partial charge in [-0.2, -0.15) is 5.26 Å². The lowest BCUT2D eigenvalue weighted by Crippen LogP contribution is -2.17. The Morgan fingerprint density at radius 3 is 2.37 bits per heavy atom. The van der Waals surface area contributed by atoms with Gasteiger partial charge in [-0.25, -0.2) is 8.42 Å². The summed E-state index contributed by atoms with van der Waals surface area (Å²) in [5, 5.41) is 21.3. The molecule has 0 amide bonds. The van der Waals surface area contributed by atoms with Gasteiger partial charge in [0.2, 0.25) is 0 Å². The maximum atomic E-state index is 13.6. The molecule has 0 aliphatic heterocycles. The molecule has 7 nitrogen and oxygen atoms in total. The standard InChI is InChI=1S/C21H16N2O5S2/c1-13-3-6-16(7-4-13)30(27,28)21(18-9-10-29-20(18)12-22)17-8-5-15(14(2)24)11-19(17)23(25)26/h3-11,21H,1-2H3. The lowest BCUT2D eigenvalue weighted by atomic mass is 10.00.